The van der Waals surface area contributed by atoms with Crippen LogP contribution in [0.15, 0.2) is 23.1 Å². The van der Waals surface area contributed by atoms with E-state index >= 15 is 0 Å². The Hall–Kier alpha value is -2.61. The van der Waals surface area contributed by atoms with Gasteiger partial charge in [-0.1, -0.05) is 0 Å². The lowest BCUT2D eigenvalue weighted by molar-refractivity contribution is 0.0695. The molecule has 2 fully saturated rings. The third-order valence-electron chi connectivity index (χ3n) is 5.65. The second kappa shape index (κ2) is 5.98. The van der Waals surface area contributed by atoms with Gasteiger partial charge in [0.25, 0.3) is 0 Å². The molecule has 0 bridgehead atoms. The lowest BCUT2D eigenvalue weighted by Crippen LogP contribution is -2.29. The molecule has 2 saturated heterocycles. The summed E-state index contributed by atoms with van der Waals surface area (Å²) < 4.78 is 16.3. The Morgan fingerprint density at radius 1 is 1.38 bits per heavy atom. The van der Waals surface area contributed by atoms with Crippen LogP contribution in [0.2, 0.25) is 0 Å². The molecule has 7 nitrogen and oxygen atoms in total. The molecule has 1 spiro atoms. The first-order chi connectivity index (χ1) is 12.4. The number of nitrogens with one attached hydrogen (secondary N) is 2. The summed E-state index contributed by atoms with van der Waals surface area (Å²) in [6.07, 6.45) is 3.33. The number of benzene rings is 1. The van der Waals surface area contributed by atoms with E-state index in [1.165, 1.54) is 10.9 Å². The number of nitrogens with zero attached hydrogens (tertiary/aromatic N) is 2. The summed E-state index contributed by atoms with van der Waals surface area (Å²) >= 11 is 0. The van der Waals surface area contributed by atoms with Crippen LogP contribution in [-0.4, -0.2) is 49.0 Å². The van der Waals surface area contributed by atoms with Crippen molar-refractivity contribution in [1.82, 2.24) is 9.99 Å². The number of aromatic nitrogens is 1. The minimum atomic E-state index is -1.33. The van der Waals surface area contributed by atoms with Crippen LogP contribution in [0.25, 0.3) is 10.9 Å². The molecule has 2 aromatic rings. The van der Waals surface area contributed by atoms with Gasteiger partial charge in [-0.25, -0.2) is 9.18 Å². The van der Waals surface area contributed by atoms with Gasteiger partial charge in [0.2, 0.25) is 5.43 Å². The molecule has 8 heteroatoms. The van der Waals surface area contributed by atoms with Gasteiger partial charge in [-0.2, -0.15) is 0 Å². The fourth-order valence-electron chi connectivity index (χ4n) is 4.20. The Bertz CT molecular complexity index is 950. The number of carbonyl (C=O) groups is 1. The molecule has 1 atom stereocenters. The van der Waals surface area contributed by atoms with E-state index < -0.39 is 22.8 Å². The maximum atomic E-state index is 14.8. The van der Waals surface area contributed by atoms with Gasteiger partial charge < -0.3 is 20.7 Å². The van der Waals surface area contributed by atoms with Crippen LogP contribution in [0.4, 0.5) is 10.1 Å². The lowest BCUT2D eigenvalue weighted by Gasteiger charge is -2.25. The van der Waals surface area contributed by atoms with Gasteiger partial charge in [0.1, 0.15) is 11.4 Å². The van der Waals surface area contributed by atoms with Crippen LogP contribution in [0, 0.1) is 11.2 Å². The third kappa shape index (κ3) is 2.52. The van der Waals surface area contributed by atoms with E-state index in [0.717, 1.165) is 45.1 Å². The van der Waals surface area contributed by atoms with Crippen molar-refractivity contribution < 1.29 is 14.3 Å². The van der Waals surface area contributed by atoms with Gasteiger partial charge >= 0.3 is 5.97 Å². The fraction of sp³-hybridized carbons (Fsp3) is 0.444. The number of carboxylic acid groups (broad SMARTS) is 1. The monoisotopic (exact) mass is 360 g/mol. The number of halogens is 1. The molecule has 1 unspecified atom stereocenters. The van der Waals surface area contributed by atoms with Gasteiger partial charge in [-0.05, 0) is 31.5 Å². The molecule has 3 heterocycles. The van der Waals surface area contributed by atoms with Crippen LogP contribution in [0.1, 0.15) is 23.2 Å². The molecule has 0 radical (unpaired) electrons. The Balaban J connectivity index is 1.83. The van der Waals surface area contributed by atoms with Crippen LogP contribution >= 0.6 is 0 Å². The van der Waals surface area contributed by atoms with E-state index in [2.05, 4.69) is 10.7 Å². The smallest absolute Gasteiger partial charge is 0.341 e. The molecule has 26 heavy (non-hydrogen) atoms. The van der Waals surface area contributed by atoms with E-state index in [-0.39, 0.29) is 10.8 Å². The largest absolute Gasteiger partial charge is 0.477 e. The number of hydrogen-bond donors (Lipinski definition) is 3. The molecule has 1 aromatic heterocycles. The standard InChI is InChI=1S/C18H21FN4O3/c1-20-23-8-12(17(25)26)16(24)11-6-13(19)15(7-14(11)23)22-5-3-18(10-22)2-4-21-9-18/h6-8,20-21H,2-5,9-10H2,1H3,(H,25,26). The number of rotatable bonds is 3. The Labute approximate surface area is 149 Å². The van der Waals surface area contributed by atoms with Crippen molar-refractivity contribution >= 4 is 22.6 Å². The second-order valence-corrected chi connectivity index (χ2v) is 7.19. The quantitative estimate of drug-likeness (QED) is 0.763. The number of fused-ring (bicyclic) bond motifs is 1. The van der Waals surface area contributed by atoms with E-state index in [4.69, 9.17) is 0 Å². The van der Waals surface area contributed by atoms with Crippen LogP contribution in [0.3, 0.4) is 0 Å². The normalized spacial score (nSPS) is 22.5. The van der Waals surface area contributed by atoms with Crippen molar-refractivity contribution in [3.63, 3.8) is 0 Å². The molecule has 4 rings (SSSR count). The van der Waals surface area contributed by atoms with E-state index in [9.17, 15) is 19.1 Å². The van der Waals surface area contributed by atoms with Gasteiger partial charge in [0.15, 0.2) is 0 Å². The summed E-state index contributed by atoms with van der Waals surface area (Å²) in [5.41, 5.74) is 2.88. The summed E-state index contributed by atoms with van der Waals surface area (Å²) in [6.45, 7) is 3.48. The predicted molar refractivity (Wildman–Crippen MR) is 97.2 cm³/mol. The summed E-state index contributed by atoms with van der Waals surface area (Å²) in [6, 6.07) is 2.79. The summed E-state index contributed by atoms with van der Waals surface area (Å²) in [5.74, 6) is -1.83. The van der Waals surface area contributed by atoms with Gasteiger partial charge in [0.05, 0.1) is 16.6 Å². The van der Waals surface area contributed by atoms with Crippen LogP contribution in [0.5, 0.6) is 0 Å². The topological polar surface area (TPSA) is 86.6 Å². The number of anilines is 1. The van der Waals surface area contributed by atoms with Gasteiger partial charge in [0, 0.05) is 38.3 Å². The SMILES string of the molecule is CNn1cc(C(=O)O)c(=O)c2cc(F)c(N3CCC4(CCNC4)C3)cc21. The van der Waals surface area contributed by atoms with Crippen LogP contribution < -0.4 is 21.1 Å². The highest BCUT2D eigenvalue weighted by molar-refractivity contribution is 5.93. The predicted octanol–water partition coefficient (Wildman–Crippen LogP) is 1.20. The Morgan fingerprint density at radius 2 is 2.19 bits per heavy atom. The Kier molecular flexibility index (Phi) is 3.87. The van der Waals surface area contributed by atoms with E-state index in [1.54, 1.807) is 13.1 Å². The zero-order valence-electron chi connectivity index (χ0n) is 14.5. The van der Waals surface area contributed by atoms with E-state index in [0.29, 0.717) is 11.2 Å². The third-order valence-corrected chi connectivity index (χ3v) is 5.65. The number of pyridine rings is 1. The number of carboxylic acids is 1. The molecular formula is C18H21FN4O3. The average Bonchev–Trinajstić information content (AvgIpc) is 3.25. The molecule has 0 amide bonds. The highest BCUT2D eigenvalue weighted by Gasteiger charge is 2.41. The van der Waals surface area contributed by atoms with E-state index in [1.807, 2.05) is 4.90 Å². The van der Waals surface area contributed by atoms with Crippen molar-refractivity contribution in [2.75, 3.05) is 43.6 Å². The van der Waals surface area contributed by atoms with Crippen molar-refractivity contribution in [2.24, 2.45) is 5.41 Å². The fourth-order valence-corrected chi connectivity index (χ4v) is 4.20. The maximum absolute atomic E-state index is 14.8. The van der Waals surface area contributed by atoms with Crippen molar-refractivity contribution in [3.05, 3.63) is 39.9 Å². The molecule has 2 aliphatic heterocycles. The minimum Gasteiger partial charge on any atom is -0.477 e. The zero-order chi connectivity index (χ0) is 18.5. The first-order valence-electron chi connectivity index (χ1n) is 8.70. The van der Waals surface area contributed by atoms with Crippen molar-refractivity contribution in [2.45, 2.75) is 12.8 Å². The molecule has 138 valence electrons. The second-order valence-electron chi connectivity index (χ2n) is 7.19. The highest BCUT2D eigenvalue weighted by atomic mass is 19.1. The van der Waals surface area contributed by atoms with Crippen molar-refractivity contribution in [3.8, 4) is 0 Å². The van der Waals surface area contributed by atoms with Gasteiger partial charge in [-0.15, -0.1) is 0 Å². The van der Waals surface area contributed by atoms with Crippen molar-refractivity contribution in [1.29, 1.82) is 0 Å². The average molecular weight is 360 g/mol. The molecule has 0 saturated carbocycles. The number of hydrogen-bond acceptors (Lipinski definition) is 5. The summed E-state index contributed by atoms with van der Waals surface area (Å²) in [4.78, 5) is 25.7. The zero-order valence-corrected chi connectivity index (χ0v) is 14.5. The lowest BCUT2D eigenvalue weighted by atomic mass is 9.86. The molecule has 0 aliphatic carbocycles. The molecule has 3 N–H and O–H groups in total. The Morgan fingerprint density at radius 3 is 2.85 bits per heavy atom. The molecule has 2 aliphatic rings. The number of aromatic carboxylic acids is 1. The first kappa shape index (κ1) is 16.8. The molecule has 1 aromatic carbocycles. The van der Waals surface area contributed by atoms with Crippen LogP contribution in [-0.2, 0) is 0 Å². The maximum Gasteiger partial charge on any atom is 0.341 e. The first-order valence-corrected chi connectivity index (χ1v) is 8.70. The molecular weight excluding hydrogens is 339 g/mol. The van der Waals surface area contributed by atoms with Gasteiger partial charge in [-0.3, -0.25) is 9.47 Å². The summed E-state index contributed by atoms with van der Waals surface area (Å²) in [5, 5.41) is 12.6. The highest BCUT2D eigenvalue weighted by Crippen LogP contribution is 2.39. The minimum absolute atomic E-state index is 0.0527. The summed E-state index contributed by atoms with van der Waals surface area (Å²) in [7, 11) is 1.62.